The first-order valence-electron chi connectivity index (χ1n) is 6.71. The number of carbonyl (C=O) groups excluding carboxylic acids is 1. The van der Waals surface area contributed by atoms with Crippen LogP contribution in [0.2, 0.25) is 0 Å². The number of hydrogen-bond acceptors (Lipinski definition) is 6. The third-order valence-corrected chi connectivity index (χ3v) is 3.68. The van der Waals surface area contributed by atoms with E-state index in [0.717, 1.165) is 38.5 Å². The van der Waals surface area contributed by atoms with Crippen molar-refractivity contribution in [3.63, 3.8) is 0 Å². The van der Waals surface area contributed by atoms with Crippen molar-refractivity contribution in [3.05, 3.63) is 24.0 Å². The molecule has 0 radical (unpaired) electrons. The molecule has 2 aromatic heterocycles. The number of aromatic carboxylic acids is 1. The molecular formula is C13H16LiN5O2. The summed E-state index contributed by atoms with van der Waals surface area (Å²) in [5.41, 5.74) is 0.672. The van der Waals surface area contributed by atoms with E-state index in [1.165, 1.54) is 16.9 Å². The van der Waals surface area contributed by atoms with Crippen LogP contribution < -0.4 is 28.9 Å². The van der Waals surface area contributed by atoms with Gasteiger partial charge in [0.1, 0.15) is 0 Å². The Hall–Kier alpha value is -1.55. The van der Waals surface area contributed by atoms with Crippen LogP contribution in [0.4, 0.5) is 5.82 Å². The summed E-state index contributed by atoms with van der Waals surface area (Å²) in [7, 11) is 0. The number of piperazine rings is 1. The molecule has 0 spiro atoms. The number of rotatable bonds is 3. The molecule has 7 nitrogen and oxygen atoms in total. The summed E-state index contributed by atoms with van der Waals surface area (Å²) in [5.74, 6) is -0.406. The average Bonchev–Trinajstić information content (AvgIpc) is 2.90. The van der Waals surface area contributed by atoms with Gasteiger partial charge in [0.25, 0.3) is 0 Å². The van der Waals surface area contributed by atoms with Crippen LogP contribution in [-0.4, -0.2) is 58.2 Å². The van der Waals surface area contributed by atoms with Crippen molar-refractivity contribution < 1.29 is 28.8 Å². The molecule has 0 atom stereocenters. The van der Waals surface area contributed by atoms with Gasteiger partial charge in [0.15, 0.2) is 11.5 Å². The van der Waals surface area contributed by atoms with Crippen LogP contribution in [0.1, 0.15) is 17.3 Å². The summed E-state index contributed by atoms with van der Waals surface area (Å²) in [5, 5.41) is 15.2. The van der Waals surface area contributed by atoms with E-state index in [4.69, 9.17) is 0 Å². The SMILES string of the molecule is CCN1CCN(c2cc3ncc(C(=O)[O-])cn3n2)CC1.[Li+]. The largest absolute Gasteiger partial charge is 1.00 e. The van der Waals surface area contributed by atoms with Gasteiger partial charge in [-0.05, 0) is 6.54 Å². The molecule has 3 rings (SSSR count). The van der Waals surface area contributed by atoms with Gasteiger partial charge in [0.2, 0.25) is 0 Å². The number of carbonyl (C=O) groups is 1. The third-order valence-electron chi connectivity index (χ3n) is 3.68. The van der Waals surface area contributed by atoms with Crippen LogP contribution in [0.15, 0.2) is 18.5 Å². The molecule has 1 fully saturated rings. The zero-order valence-electron chi connectivity index (χ0n) is 12.3. The zero-order valence-corrected chi connectivity index (χ0v) is 12.3. The fraction of sp³-hybridized carbons (Fsp3) is 0.462. The van der Waals surface area contributed by atoms with Gasteiger partial charge in [-0.3, -0.25) is 0 Å². The molecule has 0 bridgehead atoms. The van der Waals surface area contributed by atoms with Crippen LogP contribution in [0.25, 0.3) is 5.65 Å². The van der Waals surface area contributed by atoms with Crippen molar-refractivity contribution in [2.45, 2.75) is 6.92 Å². The summed E-state index contributed by atoms with van der Waals surface area (Å²) in [4.78, 5) is 19.5. The molecule has 1 aliphatic rings. The van der Waals surface area contributed by atoms with Gasteiger partial charge in [-0.1, -0.05) is 6.92 Å². The number of anilines is 1. The van der Waals surface area contributed by atoms with E-state index in [9.17, 15) is 9.90 Å². The normalized spacial score (nSPS) is 16.0. The van der Waals surface area contributed by atoms with Crippen molar-refractivity contribution in [2.75, 3.05) is 37.6 Å². The van der Waals surface area contributed by atoms with Crippen molar-refractivity contribution in [3.8, 4) is 0 Å². The van der Waals surface area contributed by atoms with Crippen LogP contribution in [0.3, 0.4) is 0 Å². The first-order chi connectivity index (χ1) is 9.67. The fourth-order valence-corrected chi connectivity index (χ4v) is 2.42. The van der Waals surface area contributed by atoms with Gasteiger partial charge in [-0.25, -0.2) is 9.50 Å². The molecule has 0 saturated carbocycles. The summed E-state index contributed by atoms with van der Waals surface area (Å²) < 4.78 is 1.49. The molecule has 0 amide bonds. The van der Waals surface area contributed by atoms with Crippen molar-refractivity contribution in [1.82, 2.24) is 19.5 Å². The van der Waals surface area contributed by atoms with Gasteiger partial charge in [0, 0.05) is 50.2 Å². The average molecular weight is 281 g/mol. The second kappa shape index (κ2) is 6.48. The number of likely N-dealkylation sites (N-methyl/N-ethyl adjacent to an activating group) is 1. The van der Waals surface area contributed by atoms with E-state index in [0.29, 0.717) is 5.65 Å². The Kier molecular flexibility index (Phi) is 4.88. The van der Waals surface area contributed by atoms with Crippen LogP contribution in [0, 0.1) is 0 Å². The van der Waals surface area contributed by atoms with E-state index in [2.05, 4.69) is 26.8 Å². The summed E-state index contributed by atoms with van der Waals surface area (Å²) in [6.45, 7) is 7.10. The van der Waals surface area contributed by atoms with E-state index >= 15 is 0 Å². The van der Waals surface area contributed by atoms with Crippen molar-refractivity contribution >= 4 is 17.4 Å². The molecular weight excluding hydrogens is 265 g/mol. The Bertz CT molecular complexity index is 637. The molecule has 8 heteroatoms. The second-order valence-corrected chi connectivity index (χ2v) is 4.86. The number of aromatic nitrogens is 3. The van der Waals surface area contributed by atoms with E-state index < -0.39 is 5.97 Å². The second-order valence-electron chi connectivity index (χ2n) is 4.86. The van der Waals surface area contributed by atoms with Gasteiger partial charge in [0.05, 0.1) is 5.97 Å². The maximum absolute atomic E-state index is 10.8. The van der Waals surface area contributed by atoms with Gasteiger partial charge in [-0.2, -0.15) is 0 Å². The first-order valence-corrected chi connectivity index (χ1v) is 6.71. The minimum absolute atomic E-state index is 0. The van der Waals surface area contributed by atoms with Gasteiger partial charge in [-0.15, -0.1) is 5.10 Å². The fourth-order valence-electron chi connectivity index (χ4n) is 2.42. The molecule has 1 aliphatic heterocycles. The molecule has 0 aliphatic carbocycles. The Morgan fingerprint density at radius 2 is 2.05 bits per heavy atom. The van der Waals surface area contributed by atoms with Gasteiger partial charge >= 0.3 is 18.9 Å². The Morgan fingerprint density at radius 1 is 1.33 bits per heavy atom. The molecule has 106 valence electrons. The number of carboxylic acid groups (broad SMARTS) is 1. The number of nitrogens with zero attached hydrogens (tertiary/aromatic N) is 5. The smallest absolute Gasteiger partial charge is 0.545 e. The maximum atomic E-state index is 10.8. The molecule has 3 heterocycles. The maximum Gasteiger partial charge on any atom is 1.00 e. The minimum Gasteiger partial charge on any atom is -0.545 e. The predicted octanol–water partition coefficient (Wildman–Crippen LogP) is -3.76. The number of carboxylic acids is 1. The molecule has 2 aromatic rings. The monoisotopic (exact) mass is 281 g/mol. The minimum atomic E-state index is -1.24. The molecule has 1 saturated heterocycles. The van der Waals surface area contributed by atoms with Gasteiger partial charge < -0.3 is 19.7 Å². The summed E-state index contributed by atoms with van der Waals surface area (Å²) in [6, 6.07) is 1.88. The molecule has 21 heavy (non-hydrogen) atoms. The Morgan fingerprint density at radius 3 is 2.67 bits per heavy atom. The van der Waals surface area contributed by atoms with Crippen molar-refractivity contribution in [2.24, 2.45) is 0 Å². The molecule has 0 N–H and O–H groups in total. The summed E-state index contributed by atoms with van der Waals surface area (Å²) in [6.07, 6.45) is 2.73. The number of fused-ring (bicyclic) bond motifs is 1. The van der Waals surface area contributed by atoms with Crippen LogP contribution in [0.5, 0.6) is 0 Å². The topological polar surface area (TPSA) is 76.8 Å². The van der Waals surface area contributed by atoms with Crippen molar-refractivity contribution in [1.29, 1.82) is 0 Å². The van der Waals surface area contributed by atoms with E-state index in [1.807, 2.05) is 6.07 Å². The quantitative estimate of drug-likeness (QED) is 0.538. The van der Waals surface area contributed by atoms with Crippen LogP contribution >= 0.6 is 0 Å². The Labute approximate surface area is 134 Å². The van der Waals surface area contributed by atoms with E-state index in [1.54, 1.807) is 0 Å². The Balaban J connectivity index is 0.00000161. The van der Waals surface area contributed by atoms with E-state index in [-0.39, 0.29) is 24.4 Å². The standard InChI is InChI=1S/C13H17N5O2.Li/c1-2-16-3-5-17(6-4-16)12-7-11-14-8-10(13(19)20)9-18(11)15-12;/h7-9H,2-6H2,1H3,(H,19,20);/q;+1/p-1. The number of hydrogen-bond donors (Lipinski definition) is 0. The summed E-state index contributed by atoms with van der Waals surface area (Å²) >= 11 is 0. The molecule has 0 unspecified atom stereocenters. The first kappa shape index (κ1) is 15.8. The zero-order chi connectivity index (χ0) is 14.1. The predicted molar refractivity (Wildman–Crippen MR) is 71.6 cm³/mol. The third kappa shape index (κ3) is 3.21. The molecule has 0 aromatic carbocycles. The van der Waals surface area contributed by atoms with Crippen LogP contribution in [-0.2, 0) is 0 Å².